The lowest BCUT2D eigenvalue weighted by Crippen LogP contribution is -2.09. The zero-order valence-corrected chi connectivity index (χ0v) is 5.22. The topological polar surface area (TPSA) is 46.3 Å². The molecule has 1 N–H and O–H groups in total. The van der Waals surface area contributed by atoms with Crippen molar-refractivity contribution >= 4 is 5.71 Å². The summed E-state index contributed by atoms with van der Waals surface area (Å²) in [6.07, 6.45) is 1.24. The van der Waals surface area contributed by atoms with E-state index in [0.29, 0.717) is 18.6 Å². The molecule has 48 valence electrons. The van der Waals surface area contributed by atoms with Crippen molar-refractivity contribution in [2.45, 2.75) is 26.7 Å². The van der Waals surface area contributed by atoms with Gasteiger partial charge in [-0.3, -0.25) is 5.21 Å². The van der Waals surface area contributed by atoms with Gasteiger partial charge in [-0.05, 0) is 0 Å². The number of hydrogen-bond acceptors (Lipinski definition) is 2. The molecule has 3 heteroatoms. The van der Waals surface area contributed by atoms with Gasteiger partial charge in [0, 0.05) is 17.7 Å². The van der Waals surface area contributed by atoms with Gasteiger partial charge < -0.3 is 5.21 Å². The molecule has 0 radical (unpaired) electrons. The van der Waals surface area contributed by atoms with E-state index in [0.717, 1.165) is 0 Å². The highest BCUT2D eigenvalue weighted by atomic mass is 16.8. The smallest absolute Gasteiger partial charge is 0.221 e. The van der Waals surface area contributed by atoms with Crippen LogP contribution in [0.1, 0.15) is 26.7 Å². The lowest BCUT2D eigenvalue weighted by atomic mass is 10.2. The first-order valence-corrected chi connectivity index (χ1v) is 2.73. The fourth-order valence-electron chi connectivity index (χ4n) is 0.521. The maximum Gasteiger partial charge on any atom is 0.221 e. The summed E-state index contributed by atoms with van der Waals surface area (Å²) in [4.78, 5) is -0.0556. The van der Waals surface area contributed by atoms with E-state index < -0.39 is 0 Å². The van der Waals surface area contributed by atoms with Crippen LogP contribution < -0.4 is 0 Å². The first-order chi connectivity index (χ1) is 3.72. The molecule has 0 aliphatic heterocycles. The molecule has 0 saturated carbocycles. The van der Waals surface area contributed by atoms with Crippen molar-refractivity contribution in [2.24, 2.45) is 0 Å². The van der Waals surface area contributed by atoms with Crippen LogP contribution in [0.3, 0.4) is 0 Å². The van der Waals surface area contributed by atoms with Crippen LogP contribution in [0.15, 0.2) is 0 Å². The lowest BCUT2D eigenvalue weighted by Gasteiger charge is -1.92. The standard InChI is InChI=1S/C5H11NO2/c1-3-5(4-2)6(7)8/h3-4H2,1-2H3,(H,7,8). The van der Waals surface area contributed by atoms with Gasteiger partial charge in [-0.2, -0.15) is 0 Å². The molecule has 3 nitrogen and oxygen atoms in total. The normalized spacial score (nSPS) is 8.75. The monoisotopic (exact) mass is 117 g/mol. The van der Waals surface area contributed by atoms with E-state index in [9.17, 15) is 5.21 Å². The third-order valence-corrected chi connectivity index (χ3v) is 1.09. The largest absolute Gasteiger partial charge is 0.418 e. The quantitative estimate of drug-likeness (QED) is 0.255. The molecule has 0 aromatic carbocycles. The summed E-state index contributed by atoms with van der Waals surface area (Å²) < 4.78 is 0. The highest BCUT2D eigenvalue weighted by molar-refractivity contribution is 5.78. The molecule has 0 aliphatic carbocycles. The molecular formula is C5H11NO2. The maximum absolute atomic E-state index is 10.0. The predicted octanol–water partition coefficient (Wildman–Crippen LogP) is 1.15. The first-order valence-electron chi connectivity index (χ1n) is 2.73. The molecule has 0 fully saturated rings. The fraction of sp³-hybridized carbons (Fsp3) is 0.800. The molecule has 0 heterocycles. The summed E-state index contributed by atoms with van der Waals surface area (Å²) in [6.45, 7) is 3.67. The molecule has 0 aliphatic rings. The van der Waals surface area contributed by atoms with Gasteiger partial charge in [0.2, 0.25) is 5.71 Å². The Hall–Kier alpha value is -0.730. The van der Waals surface area contributed by atoms with Gasteiger partial charge in [-0.25, -0.2) is 0 Å². The van der Waals surface area contributed by atoms with Gasteiger partial charge in [0.1, 0.15) is 0 Å². The van der Waals surface area contributed by atoms with Crippen molar-refractivity contribution in [2.75, 3.05) is 0 Å². The van der Waals surface area contributed by atoms with Crippen molar-refractivity contribution in [3.8, 4) is 0 Å². The van der Waals surface area contributed by atoms with Crippen LogP contribution >= 0.6 is 0 Å². The Morgan fingerprint density at radius 1 is 1.50 bits per heavy atom. The highest BCUT2D eigenvalue weighted by Gasteiger charge is 2.01. The van der Waals surface area contributed by atoms with Crippen LogP contribution in [-0.4, -0.2) is 15.8 Å². The van der Waals surface area contributed by atoms with Crippen molar-refractivity contribution in [3.05, 3.63) is 5.21 Å². The molecule has 0 bridgehead atoms. The summed E-state index contributed by atoms with van der Waals surface area (Å²) in [5, 5.41) is 18.3. The van der Waals surface area contributed by atoms with Gasteiger partial charge in [-0.15, -0.1) is 0 Å². The average molecular weight is 117 g/mol. The van der Waals surface area contributed by atoms with Gasteiger partial charge >= 0.3 is 0 Å². The summed E-state index contributed by atoms with van der Waals surface area (Å²) in [5.41, 5.74) is 0.519. The maximum atomic E-state index is 10.0. The first kappa shape index (κ1) is 7.27. The Morgan fingerprint density at radius 3 is 1.88 bits per heavy atom. The second-order valence-electron chi connectivity index (χ2n) is 1.55. The van der Waals surface area contributed by atoms with Crippen LogP contribution in [0.4, 0.5) is 0 Å². The van der Waals surface area contributed by atoms with E-state index in [4.69, 9.17) is 5.21 Å². The molecule has 0 atom stereocenters. The SMILES string of the molecule is CCC(CC)=[N+]([O-])O. The Kier molecular flexibility index (Phi) is 2.99. The summed E-state index contributed by atoms with van der Waals surface area (Å²) in [7, 11) is 0. The van der Waals surface area contributed by atoms with Crippen molar-refractivity contribution in [1.82, 2.24) is 0 Å². The summed E-state index contributed by atoms with van der Waals surface area (Å²) in [5.74, 6) is 0. The van der Waals surface area contributed by atoms with E-state index in [1.54, 1.807) is 0 Å². The second kappa shape index (κ2) is 3.29. The third kappa shape index (κ3) is 1.82. The van der Waals surface area contributed by atoms with Crippen LogP contribution in [0, 0.1) is 5.21 Å². The Labute approximate surface area is 48.8 Å². The molecular weight excluding hydrogens is 106 g/mol. The zero-order chi connectivity index (χ0) is 6.57. The van der Waals surface area contributed by atoms with Crippen LogP contribution in [0.5, 0.6) is 0 Å². The van der Waals surface area contributed by atoms with Crippen LogP contribution in [0.2, 0.25) is 0 Å². The van der Waals surface area contributed by atoms with E-state index in [-0.39, 0.29) is 4.90 Å². The van der Waals surface area contributed by atoms with Gasteiger partial charge in [0.25, 0.3) is 0 Å². The van der Waals surface area contributed by atoms with Gasteiger partial charge in [0.15, 0.2) is 0 Å². The molecule has 0 aromatic rings. The van der Waals surface area contributed by atoms with Crippen molar-refractivity contribution < 1.29 is 10.1 Å². The van der Waals surface area contributed by atoms with Crippen molar-refractivity contribution in [1.29, 1.82) is 0 Å². The Bertz CT molecular complexity index is 88.6. The van der Waals surface area contributed by atoms with E-state index in [1.165, 1.54) is 0 Å². The van der Waals surface area contributed by atoms with Crippen LogP contribution in [-0.2, 0) is 0 Å². The number of hydrogen-bond donors (Lipinski definition) is 1. The fourth-order valence-corrected chi connectivity index (χ4v) is 0.521. The lowest BCUT2D eigenvalue weighted by molar-refractivity contribution is -0.727. The van der Waals surface area contributed by atoms with Gasteiger partial charge in [-0.1, -0.05) is 13.8 Å². The van der Waals surface area contributed by atoms with E-state index in [2.05, 4.69) is 0 Å². The number of rotatable bonds is 2. The number of nitrogens with zero attached hydrogens (tertiary/aromatic N) is 1. The second-order valence-corrected chi connectivity index (χ2v) is 1.55. The third-order valence-electron chi connectivity index (χ3n) is 1.09. The summed E-state index contributed by atoms with van der Waals surface area (Å²) >= 11 is 0. The van der Waals surface area contributed by atoms with E-state index >= 15 is 0 Å². The Balaban J connectivity index is 3.86. The molecule has 0 spiro atoms. The van der Waals surface area contributed by atoms with Gasteiger partial charge in [0.05, 0.1) is 0 Å². The highest BCUT2D eigenvalue weighted by Crippen LogP contribution is 1.88. The summed E-state index contributed by atoms with van der Waals surface area (Å²) in [6, 6.07) is 0. The van der Waals surface area contributed by atoms with Crippen molar-refractivity contribution in [3.63, 3.8) is 0 Å². The molecule has 0 amide bonds. The predicted molar refractivity (Wildman–Crippen MR) is 31.0 cm³/mol. The minimum atomic E-state index is -0.0556. The Morgan fingerprint density at radius 2 is 1.88 bits per heavy atom. The molecule has 0 unspecified atom stereocenters. The minimum Gasteiger partial charge on any atom is -0.418 e. The van der Waals surface area contributed by atoms with E-state index in [1.807, 2.05) is 13.8 Å². The minimum absolute atomic E-state index is 0.0556. The molecule has 8 heavy (non-hydrogen) atoms. The molecule has 0 saturated heterocycles. The van der Waals surface area contributed by atoms with Crippen LogP contribution in [0.25, 0.3) is 0 Å². The zero-order valence-electron chi connectivity index (χ0n) is 5.22. The average Bonchev–Trinajstić information content (AvgIpc) is 1.69. The molecule has 0 aromatic heterocycles. The molecule has 0 rings (SSSR count).